The average molecular weight is 288 g/mol. The zero-order chi connectivity index (χ0) is 15.0. The fourth-order valence-corrected chi connectivity index (χ4v) is 2.21. The van der Waals surface area contributed by atoms with Gasteiger partial charge in [0, 0.05) is 12.0 Å². The summed E-state index contributed by atoms with van der Waals surface area (Å²) in [4.78, 5) is 18.1. The van der Waals surface area contributed by atoms with Crippen LogP contribution < -0.4 is 0 Å². The summed E-state index contributed by atoms with van der Waals surface area (Å²) in [7, 11) is 0. The van der Waals surface area contributed by atoms with E-state index in [1.54, 1.807) is 12.1 Å². The summed E-state index contributed by atoms with van der Waals surface area (Å²) in [5.41, 5.74) is 0.732. The number of halogens is 2. The fraction of sp³-hybridized carbons (Fsp3) is 0.0667. The van der Waals surface area contributed by atoms with E-state index >= 15 is 0 Å². The van der Waals surface area contributed by atoms with Gasteiger partial charge in [0.05, 0.1) is 11.1 Å². The first-order valence-electron chi connectivity index (χ1n) is 6.20. The van der Waals surface area contributed by atoms with Gasteiger partial charge in [0.1, 0.15) is 23.0 Å². The minimum Gasteiger partial charge on any atom is -0.478 e. The van der Waals surface area contributed by atoms with Crippen molar-refractivity contribution >= 4 is 17.0 Å². The molecule has 1 heterocycles. The van der Waals surface area contributed by atoms with Crippen molar-refractivity contribution in [1.29, 1.82) is 0 Å². The number of fused-ring (bicyclic) bond motifs is 1. The van der Waals surface area contributed by atoms with Crippen LogP contribution in [-0.2, 0) is 6.42 Å². The van der Waals surface area contributed by atoms with E-state index in [2.05, 4.69) is 9.97 Å². The van der Waals surface area contributed by atoms with Crippen LogP contribution in [0.4, 0.5) is 8.78 Å². The number of aromatic amines is 1. The van der Waals surface area contributed by atoms with Gasteiger partial charge in [0.25, 0.3) is 0 Å². The van der Waals surface area contributed by atoms with E-state index < -0.39 is 17.6 Å². The highest BCUT2D eigenvalue weighted by Crippen LogP contribution is 2.20. The van der Waals surface area contributed by atoms with Crippen molar-refractivity contribution in [3.8, 4) is 0 Å². The third-order valence-electron chi connectivity index (χ3n) is 3.20. The Morgan fingerprint density at radius 1 is 1.14 bits per heavy atom. The van der Waals surface area contributed by atoms with Crippen LogP contribution in [0.15, 0.2) is 36.4 Å². The third kappa shape index (κ3) is 2.35. The number of imidazole rings is 1. The van der Waals surface area contributed by atoms with Crippen LogP contribution in [0.5, 0.6) is 0 Å². The van der Waals surface area contributed by atoms with Gasteiger partial charge in [-0.1, -0.05) is 12.1 Å². The zero-order valence-electron chi connectivity index (χ0n) is 10.7. The predicted octanol–water partition coefficient (Wildman–Crippen LogP) is 3.13. The number of benzene rings is 2. The number of hydrogen-bond acceptors (Lipinski definition) is 2. The highest BCUT2D eigenvalue weighted by atomic mass is 19.1. The zero-order valence-corrected chi connectivity index (χ0v) is 10.7. The molecule has 0 fully saturated rings. The Labute approximate surface area is 118 Å². The van der Waals surface area contributed by atoms with Gasteiger partial charge in [-0.2, -0.15) is 0 Å². The summed E-state index contributed by atoms with van der Waals surface area (Å²) >= 11 is 0. The summed E-state index contributed by atoms with van der Waals surface area (Å²) in [6, 6.07) is 8.30. The number of nitrogens with zero attached hydrogens (tertiary/aromatic N) is 1. The first-order chi connectivity index (χ1) is 10.1. The molecule has 21 heavy (non-hydrogen) atoms. The van der Waals surface area contributed by atoms with Crippen molar-refractivity contribution in [3.63, 3.8) is 0 Å². The molecule has 0 saturated heterocycles. The second-order valence-corrected chi connectivity index (χ2v) is 4.57. The number of para-hydroxylation sites is 1. The summed E-state index contributed by atoms with van der Waals surface area (Å²) < 4.78 is 27.2. The lowest BCUT2D eigenvalue weighted by Gasteiger charge is -2.01. The number of carbonyl (C=O) groups is 1. The minimum atomic E-state index is -1.10. The molecular formula is C15H10F2N2O2. The predicted molar refractivity (Wildman–Crippen MR) is 72.2 cm³/mol. The largest absolute Gasteiger partial charge is 0.478 e. The van der Waals surface area contributed by atoms with Gasteiger partial charge in [0.2, 0.25) is 0 Å². The standard InChI is InChI=1S/C15H10F2N2O2/c16-10-4-2-5-11(17)9(10)7-13-18-12-6-1-3-8(15(20)21)14(12)19-13/h1-6H,7H2,(H,18,19)(H,20,21). The molecule has 0 aliphatic carbocycles. The fourth-order valence-electron chi connectivity index (χ4n) is 2.21. The first kappa shape index (κ1) is 13.2. The molecule has 2 N–H and O–H groups in total. The van der Waals surface area contributed by atoms with Gasteiger partial charge in [0.15, 0.2) is 0 Å². The third-order valence-corrected chi connectivity index (χ3v) is 3.20. The molecule has 0 saturated carbocycles. The number of hydrogen-bond donors (Lipinski definition) is 2. The van der Waals surface area contributed by atoms with E-state index in [0.29, 0.717) is 11.3 Å². The Morgan fingerprint density at radius 2 is 1.81 bits per heavy atom. The molecule has 0 unspecified atom stereocenters. The maximum absolute atomic E-state index is 13.6. The van der Waals surface area contributed by atoms with Crippen molar-refractivity contribution in [2.24, 2.45) is 0 Å². The lowest BCUT2D eigenvalue weighted by atomic mass is 10.1. The molecule has 4 nitrogen and oxygen atoms in total. The smallest absolute Gasteiger partial charge is 0.337 e. The van der Waals surface area contributed by atoms with Gasteiger partial charge >= 0.3 is 5.97 Å². The maximum atomic E-state index is 13.6. The molecule has 0 amide bonds. The van der Waals surface area contributed by atoms with E-state index in [0.717, 1.165) is 0 Å². The molecule has 1 aromatic heterocycles. The van der Waals surface area contributed by atoms with E-state index in [-0.39, 0.29) is 23.1 Å². The average Bonchev–Trinajstić information content (AvgIpc) is 2.85. The van der Waals surface area contributed by atoms with Gasteiger partial charge in [-0.05, 0) is 24.3 Å². The lowest BCUT2D eigenvalue weighted by molar-refractivity contribution is 0.0699. The Morgan fingerprint density at radius 3 is 2.48 bits per heavy atom. The maximum Gasteiger partial charge on any atom is 0.337 e. The van der Waals surface area contributed by atoms with E-state index in [9.17, 15) is 13.6 Å². The molecular weight excluding hydrogens is 278 g/mol. The molecule has 0 bridgehead atoms. The monoisotopic (exact) mass is 288 g/mol. The van der Waals surface area contributed by atoms with Gasteiger partial charge in [-0.3, -0.25) is 0 Å². The number of aromatic carboxylic acids is 1. The molecule has 0 spiro atoms. The van der Waals surface area contributed by atoms with Gasteiger partial charge < -0.3 is 10.1 Å². The minimum absolute atomic E-state index is 0.0454. The summed E-state index contributed by atoms with van der Waals surface area (Å²) in [5, 5.41) is 9.10. The molecule has 0 aliphatic rings. The van der Waals surface area contributed by atoms with Crippen molar-refractivity contribution in [3.05, 3.63) is 65.0 Å². The van der Waals surface area contributed by atoms with Crippen molar-refractivity contribution in [2.75, 3.05) is 0 Å². The highest BCUT2D eigenvalue weighted by Gasteiger charge is 2.15. The van der Waals surface area contributed by atoms with Crippen LogP contribution in [0.2, 0.25) is 0 Å². The Bertz CT molecular complexity index is 823. The number of rotatable bonds is 3. The molecule has 2 aromatic carbocycles. The molecule has 3 aromatic rings. The van der Waals surface area contributed by atoms with Crippen LogP contribution >= 0.6 is 0 Å². The lowest BCUT2D eigenvalue weighted by Crippen LogP contribution is -1.99. The van der Waals surface area contributed by atoms with Crippen LogP contribution in [-0.4, -0.2) is 21.0 Å². The van der Waals surface area contributed by atoms with Crippen LogP contribution in [0.25, 0.3) is 11.0 Å². The number of aromatic nitrogens is 2. The first-order valence-corrected chi connectivity index (χ1v) is 6.20. The van der Waals surface area contributed by atoms with Gasteiger partial charge in [-0.25, -0.2) is 18.6 Å². The second kappa shape index (κ2) is 4.97. The van der Waals surface area contributed by atoms with Crippen LogP contribution in [0.3, 0.4) is 0 Å². The van der Waals surface area contributed by atoms with Crippen molar-refractivity contribution < 1.29 is 18.7 Å². The van der Waals surface area contributed by atoms with Crippen molar-refractivity contribution in [1.82, 2.24) is 9.97 Å². The quantitative estimate of drug-likeness (QED) is 0.778. The van der Waals surface area contributed by atoms with E-state index in [1.807, 2.05) is 0 Å². The number of carboxylic acids is 1. The Balaban J connectivity index is 2.06. The Hall–Kier alpha value is -2.76. The summed E-state index contributed by atoms with van der Waals surface area (Å²) in [6.45, 7) is 0. The number of H-pyrrole nitrogens is 1. The van der Waals surface area contributed by atoms with Crippen molar-refractivity contribution in [2.45, 2.75) is 6.42 Å². The summed E-state index contributed by atoms with van der Waals surface area (Å²) in [6.07, 6.45) is -0.0771. The highest BCUT2D eigenvalue weighted by molar-refractivity contribution is 6.00. The molecule has 0 atom stereocenters. The van der Waals surface area contributed by atoms with Crippen LogP contribution in [0, 0.1) is 11.6 Å². The number of carboxylic acid groups (broad SMARTS) is 1. The topological polar surface area (TPSA) is 66.0 Å². The summed E-state index contributed by atoms with van der Waals surface area (Å²) in [5.74, 6) is -2.11. The normalized spacial score (nSPS) is 11.0. The van der Waals surface area contributed by atoms with E-state index in [4.69, 9.17) is 5.11 Å². The van der Waals surface area contributed by atoms with Crippen LogP contribution in [0.1, 0.15) is 21.7 Å². The Kier molecular flexibility index (Phi) is 3.13. The molecule has 6 heteroatoms. The molecule has 106 valence electrons. The SMILES string of the molecule is O=C(O)c1cccc2[nH]c(Cc3c(F)cccc3F)nc12. The molecule has 0 radical (unpaired) electrons. The van der Waals surface area contributed by atoms with E-state index in [1.165, 1.54) is 24.3 Å². The molecule has 0 aliphatic heterocycles. The van der Waals surface area contributed by atoms with Gasteiger partial charge in [-0.15, -0.1) is 0 Å². The second-order valence-electron chi connectivity index (χ2n) is 4.57. The number of nitrogens with one attached hydrogen (secondary N) is 1. The molecule has 3 rings (SSSR count).